The molecular weight excluding hydrogens is 236 g/mol. The summed E-state index contributed by atoms with van der Waals surface area (Å²) in [6.45, 7) is 6.25. The Morgan fingerprint density at radius 2 is 1.72 bits per heavy atom. The van der Waals surface area contributed by atoms with Crippen LogP contribution in [0.2, 0.25) is 0 Å². The van der Waals surface area contributed by atoms with Crippen molar-refractivity contribution in [3.63, 3.8) is 0 Å². The van der Waals surface area contributed by atoms with Gasteiger partial charge in [0, 0.05) is 19.2 Å². The van der Waals surface area contributed by atoms with Crippen LogP contribution in [0.4, 0.5) is 20.4 Å². The van der Waals surface area contributed by atoms with E-state index in [1.807, 2.05) is 6.92 Å². The summed E-state index contributed by atoms with van der Waals surface area (Å²) in [5.41, 5.74) is 0. The number of nitrogens with zero attached hydrogens (tertiary/aromatic N) is 1. The molecule has 0 aliphatic carbocycles. The number of halogens is 2. The standard InChI is InChI=1S/C13H21F2N3/c1-8(2)5-6-9(3)17-13-11(15)7-10(14)12(16-4)18-13/h7-9H,5-6H2,1-4H3,(H2,16,17,18). The predicted molar refractivity (Wildman–Crippen MR) is 70.9 cm³/mol. The van der Waals surface area contributed by atoms with Crippen LogP contribution in [0.5, 0.6) is 0 Å². The van der Waals surface area contributed by atoms with Crippen LogP contribution in [0.1, 0.15) is 33.6 Å². The lowest BCUT2D eigenvalue weighted by atomic mass is 10.0. The first-order valence-electron chi connectivity index (χ1n) is 6.24. The zero-order valence-electron chi connectivity index (χ0n) is 11.3. The van der Waals surface area contributed by atoms with Gasteiger partial charge in [-0.3, -0.25) is 0 Å². The maximum absolute atomic E-state index is 13.5. The average molecular weight is 257 g/mol. The number of anilines is 2. The molecule has 1 aromatic heterocycles. The molecule has 2 N–H and O–H groups in total. The lowest BCUT2D eigenvalue weighted by molar-refractivity contribution is 0.523. The van der Waals surface area contributed by atoms with Gasteiger partial charge in [0.1, 0.15) is 0 Å². The Balaban J connectivity index is 2.71. The second-order valence-electron chi connectivity index (χ2n) is 4.92. The van der Waals surface area contributed by atoms with E-state index in [2.05, 4.69) is 29.5 Å². The summed E-state index contributed by atoms with van der Waals surface area (Å²) in [6, 6.07) is 0.945. The minimum absolute atomic E-state index is 0.0509. The van der Waals surface area contributed by atoms with Crippen molar-refractivity contribution in [2.75, 3.05) is 17.7 Å². The minimum Gasteiger partial charge on any atom is -0.371 e. The van der Waals surface area contributed by atoms with Crippen LogP contribution in [-0.4, -0.2) is 18.1 Å². The maximum Gasteiger partial charge on any atom is 0.168 e. The zero-order chi connectivity index (χ0) is 13.7. The van der Waals surface area contributed by atoms with Crippen LogP contribution < -0.4 is 10.6 Å². The van der Waals surface area contributed by atoms with Crippen molar-refractivity contribution in [2.24, 2.45) is 5.92 Å². The van der Waals surface area contributed by atoms with Gasteiger partial charge in [0.2, 0.25) is 0 Å². The van der Waals surface area contributed by atoms with E-state index < -0.39 is 11.6 Å². The van der Waals surface area contributed by atoms with Gasteiger partial charge < -0.3 is 10.6 Å². The average Bonchev–Trinajstić information content (AvgIpc) is 2.30. The third-order valence-corrected chi connectivity index (χ3v) is 2.73. The number of hydrogen-bond acceptors (Lipinski definition) is 3. The Bertz CT molecular complexity index is 394. The van der Waals surface area contributed by atoms with Crippen molar-refractivity contribution >= 4 is 11.6 Å². The zero-order valence-corrected chi connectivity index (χ0v) is 11.3. The van der Waals surface area contributed by atoms with Crippen molar-refractivity contribution in [3.05, 3.63) is 17.7 Å². The van der Waals surface area contributed by atoms with Gasteiger partial charge in [-0.25, -0.2) is 13.8 Å². The maximum atomic E-state index is 13.5. The molecule has 0 saturated carbocycles. The molecule has 102 valence electrons. The lowest BCUT2D eigenvalue weighted by Crippen LogP contribution is -2.18. The van der Waals surface area contributed by atoms with Crippen LogP contribution in [0, 0.1) is 17.6 Å². The molecule has 0 fully saturated rings. The molecule has 5 heteroatoms. The molecule has 1 unspecified atom stereocenters. The van der Waals surface area contributed by atoms with Crippen molar-refractivity contribution in [2.45, 2.75) is 39.7 Å². The van der Waals surface area contributed by atoms with Crippen LogP contribution in [0.25, 0.3) is 0 Å². The number of pyridine rings is 1. The van der Waals surface area contributed by atoms with Crippen LogP contribution in [0.15, 0.2) is 6.07 Å². The van der Waals surface area contributed by atoms with Crippen LogP contribution in [0.3, 0.4) is 0 Å². The van der Waals surface area contributed by atoms with E-state index in [-0.39, 0.29) is 17.7 Å². The summed E-state index contributed by atoms with van der Waals surface area (Å²) in [7, 11) is 1.55. The molecule has 3 nitrogen and oxygen atoms in total. The molecule has 0 aliphatic rings. The molecule has 0 spiro atoms. The molecule has 0 saturated heterocycles. The molecular formula is C13H21F2N3. The summed E-state index contributed by atoms with van der Waals surface area (Å²) in [4.78, 5) is 3.89. The largest absolute Gasteiger partial charge is 0.371 e. The molecule has 1 rings (SSSR count). The van der Waals surface area contributed by atoms with Gasteiger partial charge in [-0.15, -0.1) is 0 Å². The second-order valence-corrected chi connectivity index (χ2v) is 4.92. The number of nitrogens with one attached hydrogen (secondary N) is 2. The molecule has 1 aromatic rings. The summed E-state index contributed by atoms with van der Waals surface area (Å²) in [5, 5.41) is 5.57. The Labute approximate surface area is 107 Å². The molecule has 1 atom stereocenters. The van der Waals surface area contributed by atoms with Crippen molar-refractivity contribution in [1.29, 1.82) is 0 Å². The van der Waals surface area contributed by atoms with Crippen LogP contribution in [-0.2, 0) is 0 Å². The number of rotatable bonds is 6. The highest BCUT2D eigenvalue weighted by Crippen LogP contribution is 2.20. The summed E-state index contributed by atoms with van der Waals surface area (Å²) < 4.78 is 26.8. The van der Waals surface area contributed by atoms with E-state index in [4.69, 9.17) is 0 Å². The Kier molecular flexibility index (Phi) is 5.31. The predicted octanol–water partition coefficient (Wildman–Crippen LogP) is 3.64. The van der Waals surface area contributed by atoms with Gasteiger partial charge in [-0.1, -0.05) is 13.8 Å². The summed E-state index contributed by atoms with van der Waals surface area (Å²) in [6.07, 6.45) is 1.97. The molecule has 0 aromatic carbocycles. The highest BCUT2D eigenvalue weighted by atomic mass is 19.1. The highest BCUT2D eigenvalue weighted by molar-refractivity contribution is 5.47. The van der Waals surface area contributed by atoms with E-state index in [1.165, 1.54) is 0 Å². The molecule has 0 bridgehead atoms. The third kappa shape index (κ3) is 4.13. The van der Waals surface area contributed by atoms with Crippen molar-refractivity contribution in [3.8, 4) is 0 Å². The van der Waals surface area contributed by atoms with Gasteiger partial charge >= 0.3 is 0 Å². The fourth-order valence-electron chi connectivity index (χ4n) is 1.63. The van der Waals surface area contributed by atoms with Gasteiger partial charge in [0.15, 0.2) is 23.3 Å². The minimum atomic E-state index is -0.685. The van der Waals surface area contributed by atoms with E-state index in [9.17, 15) is 8.78 Å². The smallest absolute Gasteiger partial charge is 0.168 e. The number of aromatic nitrogens is 1. The van der Waals surface area contributed by atoms with E-state index in [1.54, 1.807) is 7.05 Å². The fraction of sp³-hybridized carbons (Fsp3) is 0.615. The molecule has 1 heterocycles. The van der Waals surface area contributed by atoms with Gasteiger partial charge in [-0.2, -0.15) is 0 Å². The van der Waals surface area contributed by atoms with Gasteiger partial charge in [0.05, 0.1) is 0 Å². The number of hydrogen-bond donors (Lipinski definition) is 2. The molecule has 0 aliphatic heterocycles. The van der Waals surface area contributed by atoms with Gasteiger partial charge in [0.25, 0.3) is 0 Å². The Morgan fingerprint density at radius 1 is 1.11 bits per heavy atom. The third-order valence-electron chi connectivity index (χ3n) is 2.73. The highest BCUT2D eigenvalue weighted by Gasteiger charge is 2.13. The first-order chi connectivity index (χ1) is 8.43. The Morgan fingerprint density at radius 3 is 2.28 bits per heavy atom. The molecule has 18 heavy (non-hydrogen) atoms. The monoisotopic (exact) mass is 257 g/mol. The quantitative estimate of drug-likeness (QED) is 0.817. The topological polar surface area (TPSA) is 37.0 Å². The van der Waals surface area contributed by atoms with E-state index in [0.29, 0.717) is 5.92 Å². The van der Waals surface area contributed by atoms with E-state index >= 15 is 0 Å². The SMILES string of the molecule is CNc1nc(NC(C)CCC(C)C)c(F)cc1F. The van der Waals surface area contributed by atoms with Crippen LogP contribution >= 0.6 is 0 Å². The summed E-state index contributed by atoms with van der Waals surface area (Å²) in [5.74, 6) is -0.599. The molecule has 0 radical (unpaired) electrons. The van der Waals surface area contributed by atoms with Crippen molar-refractivity contribution < 1.29 is 8.78 Å². The van der Waals surface area contributed by atoms with Crippen molar-refractivity contribution in [1.82, 2.24) is 4.98 Å². The fourth-order valence-corrected chi connectivity index (χ4v) is 1.63. The normalized spacial score (nSPS) is 12.6. The molecule has 0 amide bonds. The van der Waals surface area contributed by atoms with E-state index in [0.717, 1.165) is 18.9 Å². The van der Waals surface area contributed by atoms with Gasteiger partial charge in [-0.05, 0) is 25.7 Å². The first-order valence-corrected chi connectivity index (χ1v) is 6.24. The first kappa shape index (κ1) is 14.7. The summed E-state index contributed by atoms with van der Waals surface area (Å²) >= 11 is 0. The second kappa shape index (κ2) is 6.52. The lowest BCUT2D eigenvalue weighted by Gasteiger charge is -2.16. The Hall–Kier alpha value is -1.39.